The lowest BCUT2D eigenvalue weighted by molar-refractivity contribution is 0.348. The highest BCUT2D eigenvalue weighted by atomic mass is 16.5. The average Bonchev–Trinajstić information content (AvgIpc) is 2.51. The summed E-state index contributed by atoms with van der Waals surface area (Å²) < 4.78 is 10.4. The van der Waals surface area contributed by atoms with Crippen LogP contribution >= 0.6 is 0 Å². The van der Waals surface area contributed by atoms with Crippen LogP contribution in [0.4, 0.5) is 0 Å². The van der Waals surface area contributed by atoms with E-state index in [1.54, 1.807) is 13.2 Å². The molecule has 0 fully saturated rings. The fourth-order valence-electron chi connectivity index (χ4n) is 2.11. The molecule has 0 radical (unpaired) electrons. The van der Waals surface area contributed by atoms with E-state index >= 15 is 0 Å². The molecule has 4 heteroatoms. The van der Waals surface area contributed by atoms with Gasteiger partial charge in [-0.15, -0.1) is 0 Å². The topological polar surface area (TPSA) is 58.9 Å². The SMILES string of the molecule is COc1ccccc1C=CCc1ccc(O)c(O)c1OC. The monoisotopic (exact) mass is 286 g/mol. The van der Waals surface area contributed by atoms with E-state index in [-0.39, 0.29) is 11.5 Å². The standard InChI is InChI=1S/C17H18O4/c1-20-15-9-4-3-6-12(15)7-5-8-13-10-11-14(18)16(19)17(13)21-2/h3-7,9-11,18-19H,8H2,1-2H3. The van der Waals surface area contributed by atoms with Crippen LogP contribution in [0.3, 0.4) is 0 Å². The summed E-state index contributed by atoms with van der Waals surface area (Å²) in [7, 11) is 3.09. The van der Waals surface area contributed by atoms with E-state index in [0.29, 0.717) is 12.2 Å². The predicted molar refractivity (Wildman–Crippen MR) is 82.1 cm³/mol. The van der Waals surface area contributed by atoms with E-state index in [0.717, 1.165) is 16.9 Å². The Hall–Kier alpha value is -2.62. The molecule has 0 aliphatic heterocycles. The van der Waals surface area contributed by atoms with Crippen molar-refractivity contribution in [3.05, 3.63) is 53.6 Å². The molecule has 2 N–H and O–H groups in total. The molecule has 110 valence electrons. The first kappa shape index (κ1) is 14.8. The van der Waals surface area contributed by atoms with E-state index < -0.39 is 0 Å². The van der Waals surface area contributed by atoms with Crippen molar-refractivity contribution in [2.24, 2.45) is 0 Å². The van der Waals surface area contributed by atoms with Crippen molar-refractivity contribution in [3.8, 4) is 23.0 Å². The van der Waals surface area contributed by atoms with Gasteiger partial charge in [0.05, 0.1) is 14.2 Å². The van der Waals surface area contributed by atoms with Crippen LogP contribution in [0, 0.1) is 0 Å². The minimum atomic E-state index is -0.235. The molecule has 0 saturated heterocycles. The van der Waals surface area contributed by atoms with Gasteiger partial charge in [-0.1, -0.05) is 36.4 Å². The van der Waals surface area contributed by atoms with Crippen LogP contribution < -0.4 is 9.47 Å². The van der Waals surface area contributed by atoms with Gasteiger partial charge in [0.25, 0.3) is 0 Å². The average molecular weight is 286 g/mol. The Morgan fingerprint density at radius 3 is 2.48 bits per heavy atom. The van der Waals surface area contributed by atoms with Gasteiger partial charge in [-0.3, -0.25) is 0 Å². The number of phenols is 2. The molecule has 4 nitrogen and oxygen atoms in total. The van der Waals surface area contributed by atoms with Crippen molar-refractivity contribution in [1.82, 2.24) is 0 Å². The summed E-state index contributed by atoms with van der Waals surface area (Å²) in [6.07, 6.45) is 4.46. The summed E-state index contributed by atoms with van der Waals surface area (Å²) in [4.78, 5) is 0. The Labute approximate surface area is 123 Å². The number of hydrogen-bond acceptors (Lipinski definition) is 4. The molecule has 0 heterocycles. The van der Waals surface area contributed by atoms with Gasteiger partial charge in [-0.2, -0.15) is 0 Å². The summed E-state index contributed by atoms with van der Waals surface area (Å²) in [5, 5.41) is 19.2. The van der Waals surface area contributed by atoms with E-state index in [2.05, 4.69) is 0 Å². The Morgan fingerprint density at radius 1 is 1.00 bits per heavy atom. The minimum absolute atomic E-state index is 0.190. The van der Waals surface area contributed by atoms with Crippen LogP contribution in [0.1, 0.15) is 11.1 Å². The largest absolute Gasteiger partial charge is 0.504 e. The first-order valence-electron chi connectivity index (χ1n) is 6.54. The summed E-state index contributed by atoms with van der Waals surface area (Å²) in [6, 6.07) is 10.9. The van der Waals surface area contributed by atoms with E-state index in [1.807, 2.05) is 36.4 Å². The lowest BCUT2D eigenvalue weighted by Gasteiger charge is -2.09. The van der Waals surface area contributed by atoms with Crippen molar-refractivity contribution < 1.29 is 19.7 Å². The van der Waals surface area contributed by atoms with Gasteiger partial charge in [0.15, 0.2) is 11.5 Å². The number of hydrogen-bond donors (Lipinski definition) is 2. The number of methoxy groups -OCH3 is 2. The van der Waals surface area contributed by atoms with Crippen LogP contribution in [0.15, 0.2) is 42.5 Å². The predicted octanol–water partition coefficient (Wildman–Crippen LogP) is 3.37. The normalized spacial score (nSPS) is 10.8. The number of ether oxygens (including phenoxy) is 2. The van der Waals surface area contributed by atoms with Crippen molar-refractivity contribution in [2.75, 3.05) is 14.2 Å². The Kier molecular flexibility index (Phi) is 4.72. The first-order chi connectivity index (χ1) is 10.2. The van der Waals surface area contributed by atoms with Crippen molar-refractivity contribution in [1.29, 1.82) is 0 Å². The second-order valence-electron chi connectivity index (χ2n) is 4.47. The Morgan fingerprint density at radius 2 is 1.76 bits per heavy atom. The molecule has 0 aromatic heterocycles. The lowest BCUT2D eigenvalue weighted by Crippen LogP contribution is -1.92. The van der Waals surface area contributed by atoms with Gasteiger partial charge >= 0.3 is 0 Å². The molecule has 21 heavy (non-hydrogen) atoms. The molecule has 0 spiro atoms. The van der Waals surface area contributed by atoms with Gasteiger partial charge in [-0.05, 0) is 18.6 Å². The molecule has 0 bridgehead atoms. The third-order valence-electron chi connectivity index (χ3n) is 3.17. The second kappa shape index (κ2) is 6.70. The molecule has 0 atom stereocenters. The number of allylic oxidation sites excluding steroid dienone is 1. The smallest absolute Gasteiger partial charge is 0.200 e. The van der Waals surface area contributed by atoms with Crippen molar-refractivity contribution in [3.63, 3.8) is 0 Å². The van der Waals surface area contributed by atoms with Gasteiger partial charge in [-0.25, -0.2) is 0 Å². The maximum absolute atomic E-state index is 9.76. The van der Waals surface area contributed by atoms with Crippen molar-refractivity contribution in [2.45, 2.75) is 6.42 Å². The summed E-state index contributed by atoms with van der Waals surface area (Å²) in [5.41, 5.74) is 1.76. The fraction of sp³-hybridized carbons (Fsp3) is 0.176. The van der Waals surface area contributed by atoms with E-state index in [4.69, 9.17) is 9.47 Å². The Balaban J connectivity index is 2.20. The lowest BCUT2D eigenvalue weighted by atomic mass is 10.1. The molecule has 0 unspecified atom stereocenters. The van der Waals surface area contributed by atoms with Gasteiger partial charge in [0, 0.05) is 11.1 Å². The maximum atomic E-state index is 9.76. The number of benzene rings is 2. The highest BCUT2D eigenvalue weighted by Crippen LogP contribution is 2.38. The molecule has 2 aromatic rings. The highest BCUT2D eigenvalue weighted by Gasteiger charge is 2.11. The molecular formula is C17H18O4. The second-order valence-corrected chi connectivity index (χ2v) is 4.47. The first-order valence-corrected chi connectivity index (χ1v) is 6.54. The van der Waals surface area contributed by atoms with Crippen LogP contribution in [0.25, 0.3) is 6.08 Å². The third kappa shape index (κ3) is 3.28. The summed E-state index contributed by atoms with van der Waals surface area (Å²) in [5.74, 6) is 0.666. The zero-order valence-corrected chi connectivity index (χ0v) is 12.0. The zero-order chi connectivity index (χ0) is 15.2. The highest BCUT2D eigenvalue weighted by molar-refractivity contribution is 5.59. The van der Waals surface area contributed by atoms with Gasteiger partial charge in [0.1, 0.15) is 5.75 Å². The van der Waals surface area contributed by atoms with Crippen LogP contribution in [0.2, 0.25) is 0 Å². The summed E-state index contributed by atoms with van der Waals surface area (Å²) in [6.45, 7) is 0. The zero-order valence-electron chi connectivity index (χ0n) is 12.0. The maximum Gasteiger partial charge on any atom is 0.200 e. The van der Waals surface area contributed by atoms with E-state index in [1.165, 1.54) is 13.2 Å². The molecule has 0 aliphatic carbocycles. The van der Waals surface area contributed by atoms with Gasteiger partial charge < -0.3 is 19.7 Å². The third-order valence-corrected chi connectivity index (χ3v) is 3.17. The molecular weight excluding hydrogens is 268 g/mol. The van der Waals surface area contributed by atoms with Crippen LogP contribution in [-0.4, -0.2) is 24.4 Å². The molecule has 0 saturated carbocycles. The van der Waals surface area contributed by atoms with Crippen LogP contribution in [0.5, 0.6) is 23.0 Å². The molecule has 0 aliphatic rings. The number of phenolic OH excluding ortho intramolecular Hbond substituents is 2. The number of para-hydroxylation sites is 1. The molecule has 2 aromatic carbocycles. The Bertz CT molecular complexity index is 647. The van der Waals surface area contributed by atoms with Gasteiger partial charge in [0.2, 0.25) is 5.75 Å². The van der Waals surface area contributed by atoms with E-state index in [9.17, 15) is 10.2 Å². The number of aromatic hydroxyl groups is 2. The number of rotatable bonds is 5. The van der Waals surface area contributed by atoms with Crippen LogP contribution in [-0.2, 0) is 6.42 Å². The summed E-state index contributed by atoms with van der Waals surface area (Å²) >= 11 is 0. The van der Waals surface area contributed by atoms with Crippen molar-refractivity contribution >= 4 is 6.08 Å². The molecule has 2 rings (SSSR count). The fourth-order valence-corrected chi connectivity index (χ4v) is 2.11. The molecule has 0 amide bonds. The quantitative estimate of drug-likeness (QED) is 0.827. The minimum Gasteiger partial charge on any atom is -0.504 e.